The van der Waals surface area contributed by atoms with Gasteiger partial charge in [-0.05, 0) is 31.2 Å². The molecule has 1 atom stereocenters. The van der Waals surface area contributed by atoms with E-state index in [0.717, 1.165) is 12.7 Å². The van der Waals surface area contributed by atoms with Crippen LogP contribution in [-0.2, 0) is 14.3 Å². The van der Waals surface area contributed by atoms with Gasteiger partial charge in [-0.15, -0.1) is 0 Å². The molecule has 2 aromatic carbocycles. The van der Waals surface area contributed by atoms with Gasteiger partial charge in [0, 0.05) is 12.1 Å². The minimum absolute atomic E-state index is 0.00326. The fraction of sp³-hybridized carbons (Fsp3) is 0.238. The molecule has 31 heavy (non-hydrogen) atoms. The number of aryl methyl sites for hydroxylation is 1. The van der Waals surface area contributed by atoms with Crippen molar-refractivity contribution in [3.63, 3.8) is 0 Å². The van der Waals surface area contributed by atoms with Gasteiger partial charge in [-0.1, -0.05) is 47.0 Å². The van der Waals surface area contributed by atoms with Crippen LogP contribution in [0.15, 0.2) is 42.5 Å². The molecule has 2 aromatic rings. The van der Waals surface area contributed by atoms with E-state index in [1.807, 2.05) is 13.0 Å². The summed E-state index contributed by atoms with van der Waals surface area (Å²) in [4.78, 5) is 48.7. The molecule has 8 nitrogen and oxygen atoms in total. The van der Waals surface area contributed by atoms with E-state index in [0.29, 0.717) is 5.56 Å². The van der Waals surface area contributed by atoms with Gasteiger partial charge in [0.05, 0.1) is 29.3 Å². The van der Waals surface area contributed by atoms with Crippen LogP contribution in [0.1, 0.15) is 26.3 Å². The van der Waals surface area contributed by atoms with Crippen LogP contribution in [0.3, 0.4) is 0 Å². The summed E-state index contributed by atoms with van der Waals surface area (Å²) in [6.45, 7) is 1.27. The molecule has 0 bridgehead atoms. The van der Waals surface area contributed by atoms with Crippen molar-refractivity contribution < 1.29 is 23.9 Å². The van der Waals surface area contributed by atoms with Crippen molar-refractivity contribution in [1.29, 1.82) is 0 Å². The number of benzene rings is 2. The summed E-state index contributed by atoms with van der Waals surface area (Å²) < 4.78 is 4.67. The average Bonchev–Trinajstić information content (AvgIpc) is 2.74. The Morgan fingerprint density at radius 3 is 2.23 bits per heavy atom. The van der Waals surface area contributed by atoms with Gasteiger partial charge in [0.25, 0.3) is 11.8 Å². The number of hydrogen-bond acceptors (Lipinski definition) is 5. The standard InChI is InChI=1S/C21H21Cl2N3O5/c1-12-5-3-6-13(9-12)19(28)25-11-17(27)24-10-16(21(30)31-2)26-20(29)18-14(22)7-4-8-15(18)23/h3-9,16H,10-11H2,1-2H3,(H,24,27)(H,25,28)(H,26,29)/t16-/m0/s1. The Morgan fingerprint density at radius 2 is 1.61 bits per heavy atom. The molecule has 0 fully saturated rings. The van der Waals surface area contributed by atoms with Gasteiger partial charge < -0.3 is 20.7 Å². The summed E-state index contributed by atoms with van der Waals surface area (Å²) >= 11 is 12.0. The number of methoxy groups -OCH3 is 1. The van der Waals surface area contributed by atoms with E-state index < -0.39 is 29.7 Å². The third-order valence-corrected chi connectivity index (χ3v) is 4.80. The van der Waals surface area contributed by atoms with E-state index in [2.05, 4.69) is 20.7 Å². The van der Waals surface area contributed by atoms with E-state index >= 15 is 0 Å². The number of halogens is 2. The van der Waals surface area contributed by atoms with Gasteiger partial charge in [-0.2, -0.15) is 0 Å². The second-order valence-corrected chi connectivity index (χ2v) is 7.32. The molecule has 0 radical (unpaired) electrons. The summed E-state index contributed by atoms with van der Waals surface area (Å²) in [5.41, 5.74) is 1.33. The number of carbonyl (C=O) groups excluding carboxylic acids is 4. The van der Waals surface area contributed by atoms with Crippen molar-refractivity contribution in [2.24, 2.45) is 0 Å². The molecular formula is C21H21Cl2N3O5. The number of esters is 1. The summed E-state index contributed by atoms with van der Waals surface area (Å²) in [5, 5.41) is 7.60. The van der Waals surface area contributed by atoms with E-state index in [4.69, 9.17) is 23.2 Å². The molecule has 0 aromatic heterocycles. The molecule has 0 aliphatic heterocycles. The zero-order chi connectivity index (χ0) is 23.0. The van der Waals surface area contributed by atoms with Crippen molar-refractivity contribution in [1.82, 2.24) is 16.0 Å². The quantitative estimate of drug-likeness (QED) is 0.516. The molecule has 0 aliphatic carbocycles. The van der Waals surface area contributed by atoms with E-state index in [1.165, 1.54) is 12.1 Å². The monoisotopic (exact) mass is 465 g/mol. The normalized spacial score (nSPS) is 11.2. The molecule has 3 amide bonds. The molecule has 10 heteroatoms. The minimum atomic E-state index is -1.19. The number of rotatable bonds is 8. The van der Waals surface area contributed by atoms with Crippen molar-refractivity contribution in [3.05, 3.63) is 69.2 Å². The topological polar surface area (TPSA) is 114 Å². The molecule has 0 saturated carbocycles. The Balaban J connectivity index is 1.94. The third kappa shape index (κ3) is 6.97. The smallest absolute Gasteiger partial charge is 0.330 e. The SMILES string of the molecule is COC(=O)[C@H](CNC(=O)CNC(=O)c1cccc(C)c1)NC(=O)c1c(Cl)cccc1Cl. The number of ether oxygens (including phenoxy) is 1. The maximum atomic E-state index is 12.5. The van der Waals surface area contributed by atoms with Crippen LogP contribution in [0.2, 0.25) is 10.0 Å². The van der Waals surface area contributed by atoms with Crippen molar-refractivity contribution >= 4 is 46.9 Å². The first-order valence-corrected chi connectivity index (χ1v) is 9.92. The van der Waals surface area contributed by atoms with Gasteiger partial charge in [0.15, 0.2) is 0 Å². The maximum Gasteiger partial charge on any atom is 0.330 e. The van der Waals surface area contributed by atoms with E-state index in [-0.39, 0.29) is 28.7 Å². The maximum absolute atomic E-state index is 12.5. The number of amides is 3. The Kier molecular flexibility index (Phi) is 8.84. The predicted octanol–water partition coefficient (Wildman–Crippen LogP) is 2.12. The number of nitrogens with one attached hydrogen (secondary N) is 3. The highest BCUT2D eigenvalue weighted by molar-refractivity contribution is 6.39. The summed E-state index contributed by atoms with van der Waals surface area (Å²) in [5.74, 6) is -2.45. The molecule has 2 rings (SSSR count). The first-order chi connectivity index (χ1) is 14.7. The fourth-order valence-electron chi connectivity index (χ4n) is 2.61. The number of carbonyl (C=O) groups is 4. The fourth-order valence-corrected chi connectivity index (χ4v) is 3.18. The largest absolute Gasteiger partial charge is 0.467 e. The molecule has 0 unspecified atom stereocenters. The van der Waals surface area contributed by atoms with Crippen LogP contribution in [-0.4, -0.2) is 49.9 Å². The Labute approximate surface area is 189 Å². The lowest BCUT2D eigenvalue weighted by molar-refractivity contribution is -0.142. The first kappa shape index (κ1) is 24.2. The van der Waals surface area contributed by atoms with E-state index in [9.17, 15) is 19.2 Å². The average molecular weight is 466 g/mol. The lowest BCUT2D eigenvalue weighted by Crippen LogP contribution is -2.50. The van der Waals surface area contributed by atoms with Crippen molar-refractivity contribution in [2.45, 2.75) is 13.0 Å². The highest BCUT2D eigenvalue weighted by Crippen LogP contribution is 2.24. The highest BCUT2D eigenvalue weighted by Gasteiger charge is 2.25. The molecule has 0 aliphatic rings. The molecule has 0 heterocycles. The van der Waals surface area contributed by atoms with Crippen LogP contribution in [0.25, 0.3) is 0 Å². The molecular weight excluding hydrogens is 445 g/mol. The summed E-state index contributed by atoms with van der Waals surface area (Å²) in [6, 6.07) is 10.2. The van der Waals surface area contributed by atoms with Crippen LogP contribution in [0, 0.1) is 6.92 Å². The van der Waals surface area contributed by atoms with Crippen LogP contribution in [0.4, 0.5) is 0 Å². The van der Waals surface area contributed by atoms with Crippen LogP contribution < -0.4 is 16.0 Å². The van der Waals surface area contributed by atoms with E-state index in [1.54, 1.807) is 24.3 Å². The molecule has 164 valence electrons. The lowest BCUT2D eigenvalue weighted by atomic mass is 10.1. The Bertz CT molecular complexity index is 976. The molecule has 0 spiro atoms. The summed E-state index contributed by atoms with van der Waals surface area (Å²) in [6.07, 6.45) is 0. The number of hydrogen-bond donors (Lipinski definition) is 3. The zero-order valence-electron chi connectivity index (χ0n) is 16.8. The second-order valence-electron chi connectivity index (χ2n) is 6.50. The third-order valence-electron chi connectivity index (χ3n) is 4.17. The van der Waals surface area contributed by atoms with Crippen LogP contribution in [0.5, 0.6) is 0 Å². The Morgan fingerprint density at radius 1 is 0.968 bits per heavy atom. The van der Waals surface area contributed by atoms with Gasteiger partial charge in [-0.3, -0.25) is 14.4 Å². The van der Waals surface area contributed by atoms with Gasteiger partial charge in [0.1, 0.15) is 6.04 Å². The lowest BCUT2D eigenvalue weighted by Gasteiger charge is -2.18. The van der Waals surface area contributed by atoms with Gasteiger partial charge in [0.2, 0.25) is 5.91 Å². The van der Waals surface area contributed by atoms with Crippen molar-refractivity contribution in [2.75, 3.05) is 20.2 Å². The molecule has 3 N–H and O–H groups in total. The van der Waals surface area contributed by atoms with Crippen LogP contribution >= 0.6 is 23.2 Å². The first-order valence-electron chi connectivity index (χ1n) is 9.17. The highest BCUT2D eigenvalue weighted by atomic mass is 35.5. The van der Waals surface area contributed by atoms with Gasteiger partial charge >= 0.3 is 5.97 Å². The summed E-state index contributed by atoms with van der Waals surface area (Å²) in [7, 11) is 1.15. The van der Waals surface area contributed by atoms with Gasteiger partial charge in [-0.25, -0.2) is 4.79 Å². The Hall–Kier alpha value is -3.10. The zero-order valence-corrected chi connectivity index (χ0v) is 18.3. The van der Waals surface area contributed by atoms with Crippen molar-refractivity contribution in [3.8, 4) is 0 Å². The predicted molar refractivity (Wildman–Crippen MR) is 116 cm³/mol. The molecule has 0 saturated heterocycles. The minimum Gasteiger partial charge on any atom is -0.467 e. The second kappa shape index (κ2) is 11.3.